The van der Waals surface area contributed by atoms with Gasteiger partial charge in [-0.3, -0.25) is 14.9 Å². The predicted molar refractivity (Wildman–Crippen MR) is 66.5 cm³/mol. The minimum absolute atomic E-state index is 0.0177. The van der Waals surface area contributed by atoms with Gasteiger partial charge >= 0.3 is 5.69 Å². The molecule has 0 spiro atoms. The van der Waals surface area contributed by atoms with Crippen LogP contribution in [0.15, 0.2) is 22.7 Å². The number of aryl methyl sites for hydroxylation is 1. The van der Waals surface area contributed by atoms with Crippen molar-refractivity contribution in [3.8, 4) is 5.75 Å². The molecular formula is C12H11N3O5. The molecule has 0 unspecified atom stereocenters. The monoisotopic (exact) mass is 277 g/mol. The van der Waals surface area contributed by atoms with Gasteiger partial charge in [0.15, 0.2) is 18.2 Å². The van der Waals surface area contributed by atoms with E-state index < -0.39 is 4.92 Å². The van der Waals surface area contributed by atoms with Crippen LogP contribution < -0.4 is 4.74 Å². The number of rotatable bonds is 6. The van der Waals surface area contributed by atoms with Crippen molar-refractivity contribution in [2.45, 2.75) is 20.0 Å². The molecule has 0 bridgehead atoms. The first kappa shape index (κ1) is 13.7. The smallest absolute Gasteiger partial charge is 0.310 e. The number of nitro groups is 1. The molecule has 2 rings (SSSR count). The zero-order valence-corrected chi connectivity index (χ0v) is 10.6. The lowest BCUT2D eigenvalue weighted by molar-refractivity contribution is -0.386. The molecule has 0 aliphatic heterocycles. The van der Waals surface area contributed by atoms with Gasteiger partial charge in [-0.1, -0.05) is 12.1 Å². The summed E-state index contributed by atoms with van der Waals surface area (Å²) in [5, 5.41) is 14.6. The summed E-state index contributed by atoms with van der Waals surface area (Å²) in [4.78, 5) is 25.0. The summed E-state index contributed by atoms with van der Waals surface area (Å²) in [5.41, 5.74) is 0.0520. The Labute approximate surface area is 113 Å². The molecule has 0 aliphatic carbocycles. The molecule has 0 N–H and O–H groups in total. The van der Waals surface area contributed by atoms with Gasteiger partial charge in [-0.2, -0.15) is 4.98 Å². The number of benzene rings is 1. The zero-order chi connectivity index (χ0) is 14.5. The van der Waals surface area contributed by atoms with E-state index in [1.807, 2.05) is 6.92 Å². The molecular weight excluding hydrogens is 266 g/mol. The van der Waals surface area contributed by atoms with Crippen LogP contribution in [0.1, 0.15) is 29.0 Å². The van der Waals surface area contributed by atoms with Crippen molar-refractivity contribution >= 4 is 12.0 Å². The fraction of sp³-hybridized carbons (Fsp3) is 0.250. The van der Waals surface area contributed by atoms with Crippen LogP contribution in [-0.4, -0.2) is 21.4 Å². The number of carbonyl (C=O) groups is 1. The van der Waals surface area contributed by atoms with Crippen LogP contribution in [-0.2, 0) is 13.0 Å². The number of aromatic nitrogens is 2. The molecule has 8 nitrogen and oxygen atoms in total. The van der Waals surface area contributed by atoms with E-state index in [1.54, 1.807) is 0 Å². The number of ether oxygens (including phenoxy) is 1. The van der Waals surface area contributed by atoms with Gasteiger partial charge in [0.1, 0.15) is 6.29 Å². The first-order valence-electron chi connectivity index (χ1n) is 5.82. The highest BCUT2D eigenvalue weighted by Crippen LogP contribution is 2.28. The van der Waals surface area contributed by atoms with Gasteiger partial charge in [-0.05, 0) is 12.1 Å². The molecule has 2 aromatic rings. The minimum atomic E-state index is -0.588. The van der Waals surface area contributed by atoms with E-state index in [-0.39, 0.29) is 29.5 Å². The van der Waals surface area contributed by atoms with Crippen LogP contribution in [0.2, 0.25) is 0 Å². The summed E-state index contributed by atoms with van der Waals surface area (Å²) in [5.74, 6) is 0.725. The highest BCUT2D eigenvalue weighted by molar-refractivity contribution is 5.76. The molecule has 0 saturated carbocycles. The molecule has 1 aromatic carbocycles. The van der Waals surface area contributed by atoms with Crippen LogP contribution >= 0.6 is 0 Å². The van der Waals surface area contributed by atoms with Crippen LogP contribution in [0, 0.1) is 10.1 Å². The van der Waals surface area contributed by atoms with E-state index in [0.29, 0.717) is 18.5 Å². The largest absolute Gasteiger partial charge is 0.477 e. The average molecular weight is 277 g/mol. The summed E-state index contributed by atoms with van der Waals surface area (Å²) in [6.45, 7) is 1.77. The summed E-state index contributed by atoms with van der Waals surface area (Å²) >= 11 is 0. The Hall–Kier alpha value is -2.77. The Morgan fingerprint density at radius 3 is 2.90 bits per heavy atom. The van der Waals surface area contributed by atoms with Crippen molar-refractivity contribution in [2.75, 3.05) is 0 Å². The lowest BCUT2D eigenvalue weighted by Gasteiger charge is -2.04. The van der Waals surface area contributed by atoms with E-state index in [1.165, 1.54) is 18.2 Å². The highest BCUT2D eigenvalue weighted by atomic mass is 16.6. The van der Waals surface area contributed by atoms with Gasteiger partial charge < -0.3 is 9.26 Å². The van der Waals surface area contributed by atoms with Gasteiger partial charge in [0, 0.05) is 18.1 Å². The van der Waals surface area contributed by atoms with Gasteiger partial charge in [0.25, 0.3) is 5.89 Å². The summed E-state index contributed by atoms with van der Waals surface area (Å²) in [6, 6.07) is 3.85. The molecule has 0 fully saturated rings. The van der Waals surface area contributed by atoms with Crippen molar-refractivity contribution in [1.82, 2.24) is 10.1 Å². The Balaban J connectivity index is 2.18. The number of nitrogens with zero attached hydrogens (tertiary/aromatic N) is 3. The molecule has 20 heavy (non-hydrogen) atoms. The molecule has 0 atom stereocenters. The van der Waals surface area contributed by atoms with Crippen LogP contribution in [0.25, 0.3) is 0 Å². The summed E-state index contributed by atoms with van der Waals surface area (Å²) in [7, 11) is 0. The van der Waals surface area contributed by atoms with E-state index in [4.69, 9.17) is 9.26 Å². The SMILES string of the molecule is CCc1noc(COc2cc(C=O)ccc2[N+](=O)[O-])n1. The molecule has 0 saturated heterocycles. The van der Waals surface area contributed by atoms with Crippen molar-refractivity contribution in [3.63, 3.8) is 0 Å². The second-order valence-electron chi connectivity index (χ2n) is 3.85. The zero-order valence-electron chi connectivity index (χ0n) is 10.6. The van der Waals surface area contributed by atoms with Gasteiger partial charge in [-0.15, -0.1) is 0 Å². The number of nitro benzene ring substituents is 1. The van der Waals surface area contributed by atoms with Crippen LogP contribution in [0.4, 0.5) is 5.69 Å². The van der Waals surface area contributed by atoms with Crippen molar-refractivity contribution < 1.29 is 19.0 Å². The Morgan fingerprint density at radius 1 is 1.50 bits per heavy atom. The third-order valence-electron chi connectivity index (χ3n) is 2.49. The second kappa shape index (κ2) is 5.91. The van der Waals surface area contributed by atoms with Crippen LogP contribution in [0.3, 0.4) is 0 Å². The van der Waals surface area contributed by atoms with E-state index in [2.05, 4.69) is 10.1 Å². The highest BCUT2D eigenvalue weighted by Gasteiger charge is 2.17. The minimum Gasteiger partial charge on any atom is -0.477 e. The molecule has 1 heterocycles. The molecule has 1 aromatic heterocycles. The van der Waals surface area contributed by atoms with Gasteiger partial charge in [-0.25, -0.2) is 0 Å². The van der Waals surface area contributed by atoms with Gasteiger partial charge in [0.05, 0.1) is 4.92 Å². The Kier molecular flexibility index (Phi) is 4.04. The maximum Gasteiger partial charge on any atom is 0.310 e. The maximum absolute atomic E-state index is 10.9. The lowest BCUT2D eigenvalue weighted by Crippen LogP contribution is -2.00. The fourth-order valence-electron chi connectivity index (χ4n) is 1.50. The van der Waals surface area contributed by atoms with Crippen molar-refractivity contribution in [3.05, 3.63) is 45.6 Å². The first-order valence-corrected chi connectivity index (χ1v) is 5.82. The average Bonchev–Trinajstić information content (AvgIpc) is 2.92. The molecule has 0 radical (unpaired) electrons. The number of hydrogen-bond acceptors (Lipinski definition) is 7. The van der Waals surface area contributed by atoms with Crippen molar-refractivity contribution in [2.24, 2.45) is 0 Å². The third kappa shape index (κ3) is 2.97. The normalized spacial score (nSPS) is 10.2. The molecule has 8 heteroatoms. The molecule has 0 amide bonds. The predicted octanol–water partition coefficient (Wildman–Crippen LogP) is 1.93. The number of aldehydes is 1. The quantitative estimate of drug-likeness (QED) is 0.450. The van der Waals surface area contributed by atoms with E-state index >= 15 is 0 Å². The first-order chi connectivity index (χ1) is 9.63. The lowest BCUT2D eigenvalue weighted by atomic mass is 10.2. The second-order valence-corrected chi connectivity index (χ2v) is 3.85. The van der Waals surface area contributed by atoms with Crippen molar-refractivity contribution in [1.29, 1.82) is 0 Å². The van der Waals surface area contributed by atoms with E-state index in [9.17, 15) is 14.9 Å². The fourth-order valence-corrected chi connectivity index (χ4v) is 1.50. The molecule has 0 aliphatic rings. The maximum atomic E-state index is 10.9. The summed E-state index contributed by atoms with van der Waals surface area (Å²) in [6.07, 6.45) is 1.20. The Morgan fingerprint density at radius 2 is 2.30 bits per heavy atom. The van der Waals surface area contributed by atoms with Gasteiger partial charge in [0.2, 0.25) is 0 Å². The number of carbonyl (C=O) groups excluding carboxylic acids is 1. The topological polar surface area (TPSA) is 108 Å². The molecule has 104 valence electrons. The third-order valence-corrected chi connectivity index (χ3v) is 2.49. The standard InChI is InChI=1S/C12H11N3O5/c1-2-11-13-12(20-14-11)7-19-10-5-8(6-16)3-4-9(10)15(17)18/h3-6H,2,7H2,1H3. The Bertz CT molecular complexity index is 638. The van der Waals surface area contributed by atoms with E-state index in [0.717, 1.165) is 0 Å². The number of hydrogen-bond donors (Lipinski definition) is 0. The summed E-state index contributed by atoms with van der Waals surface area (Å²) < 4.78 is 10.2. The van der Waals surface area contributed by atoms with Crippen LogP contribution in [0.5, 0.6) is 5.75 Å².